The summed E-state index contributed by atoms with van der Waals surface area (Å²) >= 11 is 4.64. The van der Waals surface area contributed by atoms with E-state index in [2.05, 4.69) is 26.2 Å². The minimum Gasteiger partial charge on any atom is -0.467 e. The Morgan fingerprint density at radius 2 is 2.00 bits per heavy atom. The monoisotopic (exact) mass is 497 g/mol. The van der Waals surface area contributed by atoms with Crippen molar-refractivity contribution in [2.75, 3.05) is 5.75 Å². The molecule has 4 rings (SSSR count). The van der Waals surface area contributed by atoms with Crippen LogP contribution in [0.25, 0.3) is 10.9 Å². The number of nitrogens with one attached hydrogen (secondary N) is 1. The molecule has 1 atom stereocenters. The van der Waals surface area contributed by atoms with E-state index in [-0.39, 0.29) is 29.8 Å². The fourth-order valence-electron chi connectivity index (χ4n) is 3.22. The summed E-state index contributed by atoms with van der Waals surface area (Å²) in [6.45, 7) is 2.18. The normalized spacial score (nSPS) is 12.1. The van der Waals surface area contributed by atoms with Gasteiger partial charge in [0, 0.05) is 4.47 Å². The minimum atomic E-state index is -0.178. The second-order valence-corrected chi connectivity index (χ2v) is 8.87. The van der Waals surface area contributed by atoms with Crippen molar-refractivity contribution in [1.29, 1.82) is 0 Å². The second kappa shape index (κ2) is 9.53. The SMILES string of the molecule is C[C@@H](NC(=O)CSc1nc2ccc(Br)cc2c(=O)n1Cc1ccco1)c1ccccc1. The molecule has 158 valence electrons. The van der Waals surface area contributed by atoms with Gasteiger partial charge in [-0.15, -0.1) is 0 Å². The lowest BCUT2D eigenvalue weighted by molar-refractivity contribution is -0.119. The Balaban J connectivity index is 1.57. The standard InChI is InChI=1S/C23H20BrN3O3S/c1-15(16-6-3-2-4-7-16)25-21(28)14-31-23-26-20-10-9-17(24)12-19(20)22(29)27(23)13-18-8-5-11-30-18/h2-12,15H,13-14H2,1H3,(H,25,28)/t15-/m1/s1. The number of hydrogen-bond acceptors (Lipinski definition) is 5. The van der Waals surface area contributed by atoms with Crippen molar-refractivity contribution in [2.45, 2.75) is 24.7 Å². The van der Waals surface area contributed by atoms with E-state index in [4.69, 9.17) is 4.42 Å². The van der Waals surface area contributed by atoms with Crippen LogP contribution < -0.4 is 10.9 Å². The maximum Gasteiger partial charge on any atom is 0.262 e. The number of halogens is 1. The van der Waals surface area contributed by atoms with E-state index in [1.807, 2.05) is 43.3 Å². The highest BCUT2D eigenvalue weighted by Crippen LogP contribution is 2.22. The van der Waals surface area contributed by atoms with E-state index in [1.54, 1.807) is 35.1 Å². The maximum atomic E-state index is 13.2. The van der Waals surface area contributed by atoms with Crippen molar-refractivity contribution in [3.8, 4) is 0 Å². The van der Waals surface area contributed by atoms with Gasteiger partial charge in [0.25, 0.3) is 5.56 Å². The Bertz CT molecular complexity index is 1260. The predicted octanol–water partition coefficient (Wildman–Crippen LogP) is 4.77. The van der Waals surface area contributed by atoms with E-state index in [0.29, 0.717) is 21.8 Å². The molecule has 1 amide bonds. The average molecular weight is 498 g/mol. The topological polar surface area (TPSA) is 77.1 Å². The first-order valence-corrected chi connectivity index (χ1v) is 11.5. The fraction of sp³-hybridized carbons (Fsp3) is 0.174. The second-order valence-electron chi connectivity index (χ2n) is 7.02. The number of hydrogen-bond donors (Lipinski definition) is 1. The highest BCUT2D eigenvalue weighted by atomic mass is 79.9. The van der Waals surface area contributed by atoms with Gasteiger partial charge in [0.15, 0.2) is 5.16 Å². The molecule has 0 fully saturated rings. The number of carbonyl (C=O) groups excluding carboxylic acids is 1. The lowest BCUT2D eigenvalue weighted by Crippen LogP contribution is -2.29. The molecule has 0 saturated carbocycles. The van der Waals surface area contributed by atoms with E-state index < -0.39 is 0 Å². The smallest absolute Gasteiger partial charge is 0.262 e. The first-order chi connectivity index (χ1) is 15.0. The van der Waals surface area contributed by atoms with Gasteiger partial charge in [-0.2, -0.15) is 0 Å². The fourth-order valence-corrected chi connectivity index (χ4v) is 4.39. The molecule has 6 nitrogen and oxygen atoms in total. The minimum absolute atomic E-state index is 0.110. The van der Waals surface area contributed by atoms with Crippen LogP contribution in [-0.4, -0.2) is 21.2 Å². The van der Waals surface area contributed by atoms with Crippen LogP contribution in [0.3, 0.4) is 0 Å². The van der Waals surface area contributed by atoms with Crippen LogP contribution in [-0.2, 0) is 11.3 Å². The number of aromatic nitrogens is 2. The molecule has 0 saturated heterocycles. The lowest BCUT2D eigenvalue weighted by Gasteiger charge is -2.15. The summed E-state index contributed by atoms with van der Waals surface area (Å²) in [5.74, 6) is 0.655. The number of amides is 1. The van der Waals surface area contributed by atoms with Gasteiger partial charge in [-0.1, -0.05) is 58.0 Å². The number of carbonyl (C=O) groups is 1. The summed E-state index contributed by atoms with van der Waals surface area (Å²) in [4.78, 5) is 30.4. The van der Waals surface area contributed by atoms with Gasteiger partial charge in [0.2, 0.25) is 5.91 Å². The molecule has 0 aliphatic carbocycles. The van der Waals surface area contributed by atoms with Gasteiger partial charge >= 0.3 is 0 Å². The highest BCUT2D eigenvalue weighted by Gasteiger charge is 2.16. The highest BCUT2D eigenvalue weighted by molar-refractivity contribution is 9.10. The number of fused-ring (bicyclic) bond motifs is 1. The molecule has 2 aromatic heterocycles. The Morgan fingerprint density at radius 1 is 1.19 bits per heavy atom. The molecule has 1 N–H and O–H groups in total. The summed E-state index contributed by atoms with van der Waals surface area (Å²) in [6.07, 6.45) is 1.57. The zero-order valence-electron chi connectivity index (χ0n) is 16.7. The Morgan fingerprint density at radius 3 is 2.74 bits per heavy atom. The number of benzene rings is 2. The first-order valence-electron chi connectivity index (χ1n) is 9.71. The number of furan rings is 1. The molecule has 0 bridgehead atoms. The average Bonchev–Trinajstić information content (AvgIpc) is 3.29. The van der Waals surface area contributed by atoms with Crippen LogP contribution in [0.1, 0.15) is 24.3 Å². The van der Waals surface area contributed by atoms with Crippen molar-refractivity contribution in [1.82, 2.24) is 14.9 Å². The van der Waals surface area contributed by atoms with E-state index in [1.165, 1.54) is 11.8 Å². The van der Waals surface area contributed by atoms with Gasteiger partial charge in [-0.3, -0.25) is 14.2 Å². The molecule has 0 spiro atoms. The van der Waals surface area contributed by atoms with Gasteiger partial charge in [0.1, 0.15) is 5.76 Å². The largest absolute Gasteiger partial charge is 0.467 e. The first kappa shape index (κ1) is 21.4. The van der Waals surface area contributed by atoms with Crippen LogP contribution in [0.15, 0.2) is 85.8 Å². The van der Waals surface area contributed by atoms with Crippen LogP contribution in [0.2, 0.25) is 0 Å². The number of rotatable bonds is 7. The summed E-state index contributed by atoms with van der Waals surface area (Å²) in [7, 11) is 0. The lowest BCUT2D eigenvalue weighted by atomic mass is 10.1. The Kier molecular flexibility index (Phi) is 6.58. The molecule has 31 heavy (non-hydrogen) atoms. The summed E-state index contributed by atoms with van der Waals surface area (Å²) in [5, 5.41) is 3.97. The third kappa shape index (κ3) is 5.08. The van der Waals surface area contributed by atoms with Gasteiger partial charge in [0.05, 0.1) is 35.5 Å². The van der Waals surface area contributed by atoms with Crippen LogP contribution in [0, 0.1) is 0 Å². The molecule has 4 aromatic rings. The van der Waals surface area contributed by atoms with E-state index >= 15 is 0 Å². The van der Waals surface area contributed by atoms with Gasteiger partial charge < -0.3 is 9.73 Å². The molecule has 8 heteroatoms. The number of thioether (sulfide) groups is 1. The van der Waals surface area contributed by atoms with Crippen LogP contribution >= 0.6 is 27.7 Å². The zero-order chi connectivity index (χ0) is 21.8. The van der Waals surface area contributed by atoms with Crippen molar-refractivity contribution >= 4 is 44.5 Å². The van der Waals surface area contributed by atoms with E-state index in [9.17, 15) is 9.59 Å². The Labute approximate surface area is 191 Å². The number of nitrogens with zero attached hydrogens (tertiary/aromatic N) is 2. The summed E-state index contributed by atoms with van der Waals surface area (Å²) in [5.41, 5.74) is 1.44. The van der Waals surface area contributed by atoms with Crippen molar-refractivity contribution < 1.29 is 9.21 Å². The maximum absolute atomic E-state index is 13.2. The molecule has 2 heterocycles. The van der Waals surface area contributed by atoms with Gasteiger partial charge in [-0.25, -0.2) is 4.98 Å². The molecule has 0 radical (unpaired) electrons. The van der Waals surface area contributed by atoms with E-state index in [0.717, 1.165) is 10.0 Å². The third-order valence-corrected chi connectivity index (χ3v) is 6.25. The summed E-state index contributed by atoms with van der Waals surface area (Å²) in [6, 6.07) is 18.6. The molecular weight excluding hydrogens is 478 g/mol. The molecule has 2 aromatic carbocycles. The van der Waals surface area contributed by atoms with Crippen molar-refractivity contribution in [2.24, 2.45) is 0 Å². The molecular formula is C23H20BrN3O3S. The Hall–Kier alpha value is -2.84. The zero-order valence-corrected chi connectivity index (χ0v) is 19.2. The van der Waals surface area contributed by atoms with Crippen molar-refractivity contribution in [3.05, 3.63) is 93.1 Å². The molecule has 0 unspecified atom stereocenters. The van der Waals surface area contributed by atoms with Crippen LogP contribution in [0.5, 0.6) is 0 Å². The van der Waals surface area contributed by atoms with Crippen LogP contribution in [0.4, 0.5) is 0 Å². The summed E-state index contributed by atoms with van der Waals surface area (Å²) < 4.78 is 7.78. The quantitative estimate of drug-likeness (QED) is 0.294. The van der Waals surface area contributed by atoms with Crippen molar-refractivity contribution in [3.63, 3.8) is 0 Å². The molecule has 0 aliphatic heterocycles. The van der Waals surface area contributed by atoms with Gasteiger partial charge in [-0.05, 0) is 42.8 Å². The predicted molar refractivity (Wildman–Crippen MR) is 125 cm³/mol. The molecule has 0 aliphatic rings. The third-order valence-electron chi connectivity index (χ3n) is 4.78.